The van der Waals surface area contributed by atoms with Gasteiger partial charge in [-0.1, -0.05) is 12.1 Å². The second kappa shape index (κ2) is 5.66. The minimum atomic E-state index is -4.66. The van der Waals surface area contributed by atoms with Gasteiger partial charge in [0, 0.05) is 29.6 Å². The van der Waals surface area contributed by atoms with Crippen LogP contribution in [0.3, 0.4) is 0 Å². The van der Waals surface area contributed by atoms with Gasteiger partial charge >= 0.3 is 0 Å². The fraction of sp³-hybridized carbons (Fsp3) is 0. The maximum Gasteiger partial charge on any atom is 0.294 e. The zero-order valence-corrected chi connectivity index (χ0v) is 16.1. The molecule has 0 atom stereocenters. The second-order valence-electron chi connectivity index (χ2n) is 4.54. The molecule has 0 aromatic heterocycles. The first-order chi connectivity index (χ1) is 10.1. The molecule has 7 nitrogen and oxygen atoms in total. The molecule has 1 heterocycles. The van der Waals surface area contributed by atoms with Crippen LogP contribution in [0.2, 0.25) is 0 Å². The van der Waals surface area contributed by atoms with E-state index in [1.165, 1.54) is 18.2 Å². The molecule has 3 rings (SSSR count). The number of hydrogen-bond acceptors (Lipinski definition) is 6. The molecule has 1 radical (unpaired) electrons. The summed E-state index contributed by atoms with van der Waals surface area (Å²) in [6, 6.07) is 7.41. The van der Waals surface area contributed by atoms with Crippen molar-refractivity contribution in [2.24, 2.45) is 0 Å². The van der Waals surface area contributed by atoms with Crippen LogP contribution in [-0.2, 0) is 29.8 Å². The van der Waals surface area contributed by atoms with Gasteiger partial charge in [0.1, 0.15) is 0 Å². The van der Waals surface area contributed by atoms with Crippen molar-refractivity contribution in [3.8, 4) is 0 Å². The summed E-state index contributed by atoms with van der Waals surface area (Å²) in [5, 5.41) is 0. The molecule has 0 bridgehead atoms. The Morgan fingerprint density at radius 3 is 1.65 bits per heavy atom. The first kappa shape index (κ1) is 18.6. The second-order valence-corrected chi connectivity index (χ2v) is 9.73. The van der Waals surface area contributed by atoms with Crippen molar-refractivity contribution in [1.82, 2.24) is 0 Å². The van der Waals surface area contributed by atoms with Crippen LogP contribution in [0.5, 0.6) is 0 Å². The Kier molecular flexibility index (Phi) is 4.57. The predicted octanol–water partition coefficient (Wildman–Crippen LogP) is 0.532. The van der Waals surface area contributed by atoms with Crippen LogP contribution < -0.4 is 0 Å². The standard InChI is InChI=1S/C12H8O7S3.Na/c13-20(14)9-3-1-2-4-10(9)21(15,16)12-7-8(22(17,18)19)5-6-11(12)20;/h1-7H,(H,17,18,19);. The zero-order valence-electron chi connectivity index (χ0n) is 11.7. The summed E-state index contributed by atoms with van der Waals surface area (Å²) in [6.45, 7) is 0. The van der Waals surface area contributed by atoms with E-state index in [1.54, 1.807) is 0 Å². The maximum atomic E-state index is 12.5. The third kappa shape index (κ3) is 2.78. The minimum Gasteiger partial charge on any atom is -0.282 e. The fourth-order valence-corrected chi connectivity index (χ4v) is 6.95. The summed E-state index contributed by atoms with van der Waals surface area (Å²) >= 11 is 0. The molecule has 0 saturated heterocycles. The molecule has 0 fully saturated rings. The Morgan fingerprint density at radius 1 is 0.739 bits per heavy atom. The maximum absolute atomic E-state index is 12.5. The van der Waals surface area contributed by atoms with E-state index in [0.29, 0.717) is 6.07 Å². The van der Waals surface area contributed by atoms with Crippen LogP contribution in [0.15, 0.2) is 66.9 Å². The molecular formula is C12H8NaO7S3. The van der Waals surface area contributed by atoms with Gasteiger partial charge in [-0.15, -0.1) is 0 Å². The van der Waals surface area contributed by atoms with Crippen LogP contribution in [-0.4, -0.2) is 59.4 Å². The summed E-state index contributed by atoms with van der Waals surface area (Å²) in [7, 11) is -13.0. The summed E-state index contributed by atoms with van der Waals surface area (Å²) in [5.41, 5.74) is 0. The molecule has 2 aromatic rings. The molecule has 0 aliphatic carbocycles. The third-order valence-corrected chi connectivity index (χ3v) is 8.05. The smallest absolute Gasteiger partial charge is 0.282 e. The largest absolute Gasteiger partial charge is 0.294 e. The Balaban J connectivity index is 0.00000192. The van der Waals surface area contributed by atoms with E-state index in [2.05, 4.69) is 0 Å². The molecule has 23 heavy (non-hydrogen) atoms. The van der Waals surface area contributed by atoms with Crippen molar-refractivity contribution in [3.05, 3.63) is 42.5 Å². The Bertz CT molecular complexity index is 1120. The molecule has 0 saturated carbocycles. The van der Waals surface area contributed by atoms with E-state index in [4.69, 9.17) is 4.55 Å². The van der Waals surface area contributed by atoms with Gasteiger partial charge < -0.3 is 0 Å². The van der Waals surface area contributed by atoms with Gasteiger partial charge in [-0.2, -0.15) is 8.42 Å². The van der Waals surface area contributed by atoms with Crippen LogP contribution >= 0.6 is 0 Å². The Morgan fingerprint density at radius 2 is 1.17 bits per heavy atom. The van der Waals surface area contributed by atoms with Gasteiger partial charge in [0.2, 0.25) is 19.7 Å². The molecule has 0 spiro atoms. The fourth-order valence-electron chi connectivity index (χ4n) is 2.21. The molecule has 0 amide bonds. The van der Waals surface area contributed by atoms with Crippen molar-refractivity contribution in [3.63, 3.8) is 0 Å². The summed E-state index contributed by atoms with van der Waals surface area (Å²) in [4.78, 5) is -2.65. The molecule has 11 heteroatoms. The topological polar surface area (TPSA) is 123 Å². The SMILES string of the molecule is O=S(=O)(O)c1ccc2c(c1)S(=O)(=O)c1ccccc1S2(=O)=O.[Na]. The van der Waals surface area contributed by atoms with Crippen molar-refractivity contribution in [2.75, 3.05) is 0 Å². The normalized spacial score (nSPS) is 17.4. The Hall–Kier alpha value is -0.750. The van der Waals surface area contributed by atoms with Crippen molar-refractivity contribution in [2.45, 2.75) is 24.5 Å². The number of sulfone groups is 2. The minimum absolute atomic E-state index is 0. The molecule has 1 aliphatic heterocycles. The average Bonchev–Trinajstić information content (AvgIpc) is 2.44. The zero-order chi connectivity index (χ0) is 16.3. The summed E-state index contributed by atoms with van der Waals surface area (Å²) in [6.07, 6.45) is 0. The van der Waals surface area contributed by atoms with E-state index >= 15 is 0 Å². The van der Waals surface area contributed by atoms with Gasteiger partial charge in [0.25, 0.3) is 10.1 Å². The number of rotatable bonds is 1. The van der Waals surface area contributed by atoms with E-state index in [0.717, 1.165) is 18.2 Å². The van der Waals surface area contributed by atoms with Gasteiger partial charge in [0.05, 0.1) is 24.5 Å². The monoisotopic (exact) mass is 383 g/mol. The van der Waals surface area contributed by atoms with Crippen molar-refractivity contribution >= 4 is 59.3 Å². The molecular weight excluding hydrogens is 375 g/mol. The van der Waals surface area contributed by atoms with Crippen LogP contribution in [0.25, 0.3) is 0 Å². The van der Waals surface area contributed by atoms with E-state index in [9.17, 15) is 25.3 Å². The summed E-state index contributed by atoms with van der Waals surface area (Å²) in [5.74, 6) is 0. The first-order valence-corrected chi connectivity index (χ1v) is 10.2. The molecule has 1 aliphatic rings. The summed E-state index contributed by atoms with van der Waals surface area (Å²) < 4.78 is 81.3. The molecule has 117 valence electrons. The number of hydrogen-bond donors (Lipinski definition) is 1. The predicted molar refractivity (Wildman–Crippen MR) is 79.4 cm³/mol. The number of fused-ring (bicyclic) bond motifs is 2. The van der Waals surface area contributed by atoms with Crippen LogP contribution in [0.4, 0.5) is 0 Å². The molecule has 1 N–H and O–H groups in total. The quantitative estimate of drug-likeness (QED) is 0.480. The Labute approximate surface area is 155 Å². The van der Waals surface area contributed by atoms with Crippen molar-refractivity contribution < 1.29 is 29.8 Å². The van der Waals surface area contributed by atoms with Crippen LogP contribution in [0, 0.1) is 0 Å². The van der Waals surface area contributed by atoms with Crippen molar-refractivity contribution in [1.29, 1.82) is 0 Å². The number of benzene rings is 2. The first-order valence-electron chi connectivity index (χ1n) is 5.77. The van der Waals surface area contributed by atoms with Gasteiger partial charge in [-0.25, -0.2) is 16.8 Å². The van der Waals surface area contributed by atoms with E-state index in [-0.39, 0.29) is 34.5 Å². The molecule has 2 aromatic carbocycles. The van der Waals surface area contributed by atoms with Gasteiger partial charge in [-0.05, 0) is 30.3 Å². The van der Waals surface area contributed by atoms with Gasteiger partial charge in [-0.3, -0.25) is 4.55 Å². The van der Waals surface area contributed by atoms with E-state index in [1.807, 2.05) is 0 Å². The molecule has 0 unspecified atom stereocenters. The van der Waals surface area contributed by atoms with Gasteiger partial charge in [0.15, 0.2) is 0 Å². The average molecular weight is 383 g/mol. The van der Waals surface area contributed by atoms with Crippen LogP contribution in [0.1, 0.15) is 0 Å². The van der Waals surface area contributed by atoms with E-state index < -0.39 is 49.4 Å². The third-order valence-electron chi connectivity index (χ3n) is 3.22.